The van der Waals surface area contributed by atoms with E-state index in [-0.39, 0.29) is 17.0 Å². The molecule has 0 aliphatic carbocycles. The van der Waals surface area contributed by atoms with E-state index in [0.29, 0.717) is 5.56 Å². The molecule has 0 aliphatic rings. The van der Waals surface area contributed by atoms with Crippen LogP contribution in [-0.4, -0.2) is 22.8 Å². The number of nitro groups is 1. The predicted molar refractivity (Wildman–Crippen MR) is 86.4 cm³/mol. The molecule has 1 atom stereocenters. The number of carbonyl (C=O) groups excluding carboxylic acids is 2. The molecular formula is C16H12BrNO5. The van der Waals surface area contributed by atoms with E-state index in [9.17, 15) is 19.7 Å². The number of ether oxygens (including phenoxy) is 1. The summed E-state index contributed by atoms with van der Waals surface area (Å²) in [6.45, 7) is 1.46. The van der Waals surface area contributed by atoms with Gasteiger partial charge in [-0.05, 0) is 25.1 Å². The van der Waals surface area contributed by atoms with Crippen LogP contribution in [-0.2, 0) is 4.74 Å². The standard InChI is InChI=1S/C16H12BrNO5/c1-10(15(19)11-5-7-13(17)8-6-11)23-16(20)12-3-2-4-14(9-12)18(21)22/h2-10H,1H3/t10-/m0/s1. The molecule has 2 aromatic carbocycles. The second-order valence-corrected chi connectivity index (χ2v) is 5.64. The van der Waals surface area contributed by atoms with Crippen LogP contribution in [0, 0.1) is 10.1 Å². The van der Waals surface area contributed by atoms with Crippen LogP contribution in [0.15, 0.2) is 53.0 Å². The van der Waals surface area contributed by atoms with E-state index in [1.165, 1.54) is 25.1 Å². The Labute approximate surface area is 140 Å². The fourth-order valence-corrected chi connectivity index (χ4v) is 2.14. The van der Waals surface area contributed by atoms with Gasteiger partial charge < -0.3 is 4.74 Å². The molecule has 2 rings (SSSR count). The minimum Gasteiger partial charge on any atom is -0.451 e. The highest BCUT2D eigenvalue weighted by molar-refractivity contribution is 9.10. The number of hydrogen-bond donors (Lipinski definition) is 0. The molecule has 0 bridgehead atoms. The number of esters is 1. The summed E-state index contributed by atoms with van der Waals surface area (Å²) in [5, 5.41) is 10.7. The highest BCUT2D eigenvalue weighted by atomic mass is 79.9. The summed E-state index contributed by atoms with van der Waals surface area (Å²) in [5.74, 6) is -1.14. The Morgan fingerprint density at radius 2 is 1.78 bits per heavy atom. The third kappa shape index (κ3) is 4.23. The number of hydrogen-bond acceptors (Lipinski definition) is 5. The molecule has 6 nitrogen and oxygen atoms in total. The van der Waals surface area contributed by atoms with E-state index in [2.05, 4.69) is 15.9 Å². The second kappa shape index (κ2) is 7.15. The molecule has 0 aliphatic heterocycles. The topological polar surface area (TPSA) is 86.5 Å². The van der Waals surface area contributed by atoms with E-state index in [4.69, 9.17) is 4.74 Å². The molecule has 0 N–H and O–H groups in total. The molecule has 0 aromatic heterocycles. The quantitative estimate of drug-likeness (QED) is 0.342. The van der Waals surface area contributed by atoms with Crippen molar-refractivity contribution >= 4 is 33.4 Å². The summed E-state index contributed by atoms with van der Waals surface area (Å²) >= 11 is 3.27. The Hall–Kier alpha value is -2.54. The van der Waals surface area contributed by atoms with Gasteiger partial charge in [0, 0.05) is 22.2 Å². The summed E-state index contributed by atoms with van der Waals surface area (Å²) in [5.41, 5.74) is 0.216. The van der Waals surface area contributed by atoms with Crippen molar-refractivity contribution in [2.45, 2.75) is 13.0 Å². The van der Waals surface area contributed by atoms with E-state index in [1.807, 2.05) is 0 Å². The molecule has 23 heavy (non-hydrogen) atoms. The minimum absolute atomic E-state index is 0.0228. The van der Waals surface area contributed by atoms with Crippen molar-refractivity contribution in [3.63, 3.8) is 0 Å². The number of nitro benzene ring substituents is 1. The molecule has 0 spiro atoms. The molecule has 0 fully saturated rings. The van der Waals surface area contributed by atoms with Gasteiger partial charge in [0.25, 0.3) is 5.69 Å². The van der Waals surface area contributed by atoms with Gasteiger partial charge >= 0.3 is 5.97 Å². The van der Waals surface area contributed by atoms with Crippen molar-refractivity contribution in [1.82, 2.24) is 0 Å². The molecule has 0 saturated heterocycles. The fraction of sp³-hybridized carbons (Fsp3) is 0.125. The monoisotopic (exact) mass is 377 g/mol. The number of Topliss-reactive ketones (excluding diaryl/α,β-unsaturated/α-hetero) is 1. The third-order valence-corrected chi connectivity index (χ3v) is 3.60. The van der Waals surface area contributed by atoms with Crippen LogP contribution in [0.2, 0.25) is 0 Å². The maximum Gasteiger partial charge on any atom is 0.339 e. The molecule has 0 radical (unpaired) electrons. The lowest BCUT2D eigenvalue weighted by Crippen LogP contribution is -2.24. The average Bonchev–Trinajstić information content (AvgIpc) is 2.54. The number of nitrogens with zero attached hydrogens (tertiary/aromatic N) is 1. The first kappa shape index (κ1) is 16.8. The highest BCUT2D eigenvalue weighted by Gasteiger charge is 2.21. The van der Waals surface area contributed by atoms with Crippen LogP contribution in [0.25, 0.3) is 0 Å². The normalized spacial score (nSPS) is 11.6. The first-order valence-electron chi connectivity index (χ1n) is 6.63. The van der Waals surface area contributed by atoms with Crippen molar-refractivity contribution in [2.24, 2.45) is 0 Å². The van der Waals surface area contributed by atoms with Gasteiger partial charge in [0.2, 0.25) is 5.78 Å². The van der Waals surface area contributed by atoms with Gasteiger partial charge in [-0.3, -0.25) is 14.9 Å². The lowest BCUT2D eigenvalue weighted by Gasteiger charge is -2.12. The van der Waals surface area contributed by atoms with Gasteiger partial charge in [-0.15, -0.1) is 0 Å². The van der Waals surface area contributed by atoms with Crippen molar-refractivity contribution in [3.8, 4) is 0 Å². The van der Waals surface area contributed by atoms with Gasteiger partial charge in [0.1, 0.15) is 0 Å². The molecule has 7 heteroatoms. The molecule has 2 aromatic rings. The zero-order valence-electron chi connectivity index (χ0n) is 12.1. The second-order valence-electron chi connectivity index (χ2n) is 4.73. The zero-order valence-corrected chi connectivity index (χ0v) is 13.6. The first-order valence-corrected chi connectivity index (χ1v) is 7.43. The molecule has 0 heterocycles. The van der Waals surface area contributed by atoms with Crippen LogP contribution in [0.5, 0.6) is 0 Å². The third-order valence-electron chi connectivity index (χ3n) is 3.07. The van der Waals surface area contributed by atoms with Crippen molar-refractivity contribution in [1.29, 1.82) is 0 Å². The zero-order chi connectivity index (χ0) is 17.0. The maximum absolute atomic E-state index is 12.2. The summed E-state index contributed by atoms with van der Waals surface area (Å²) in [7, 11) is 0. The van der Waals surface area contributed by atoms with Gasteiger partial charge in [-0.2, -0.15) is 0 Å². The fourth-order valence-electron chi connectivity index (χ4n) is 1.88. The van der Waals surface area contributed by atoms with Gasteiger partial charge in [0.15, 0.2) is 6.10 Å². The number of halogens is 1. The van der Waals surface area contributed by atoms with Gasteiger partial charge in [-0.1, -0.05) is 34.1 Å². The maximum atomic E-state index is 12.2. The number of rotatable bonds is 5. The van der Waals surface area contributed by atoms with Crippen molar-refractivity contribution in [3.05, 3.63) is 74.2 Å². The van der Waals surface area contributed by atoms with E-state index in [0.717, 1.165) is 10.5 Å². The molecule has 0 amide bonds. The molecule has 0 unspecified atom stereocenters. The van der Waals surface area contributed by atoms with Crippen LogP contribution >= 0.6 is 15.9 Å². The van der Waals surface area contributed by atoms with Gasteiger partial charge in [0.05, 0.1) is 10.5 Å². The van der Waals surface area contributed by atoms with Crippen molar-refractivity contribution in [2.75, 3.05) is 0 Å². The summed E-state index contributed by atoms with van der Waals surface area (Å²) in [6.07, 6.45) is -0.997. The lowest BCUT2D eigenvalue weighted by molar-refractivity contribution is -0.384. The Morgan fingerprint density at radius 1 is 1.13 bits per heavy atom. The summed E-state index contributed by atoms with van der Waals surface area (Å²) in [6, 6.07) is 11.8. The Morgan fingerprint density at radius 3 is 2.39 bits per heavy atom. The van der Waals surface area contributed by atoms with E-state index in [1.54, 1.807) is 24.3 Å². The highest BCUT2D eigenvalue weighted by Crippen LogP contribution is 2.16. The Kier molecular flexibility index (Phi) is 5.23. The predicted octanol–water partition coefficient (Wildman–Crippen LogP) is 3.79. The largest absolute Gasteiger partial charge is 0.451 e. The van der Waals surface area contributed by atoms with E-state index < -0.39 is 17.0 Å². The minimum atomic E-state index is -0.997. The number of benzene rings is 2. The van der Waals surface area contributed by atoms with Crippen LogP contribution in [0.4, 0.5) is 5.69 Å². The number of ketones is 1. The van der Waals surface area contributed by atoms with Crippen LogP contribution in [0.1, 0.15) is 27.6 Å². The number of non-ortho nitro benzene ring substituents is 1. The SMILES string of the molecule is C[C@H](OC(=O)c1cccc([N+](=O)[O-])c1)C(=O)c1ccc(Br)cc1. The summed E-state index contributed by atoms with van der Waals surface area (Å²) in [4.78, 5) is 34.3. The lowest BCUT2D eigenvalue weighted by atomic mass is 10.1. The van der Waals surface area contributed by atoms with Crippen LogP contribution < -0.4 is 0 Å². The molecule has 118 valence electrons. The van der Waals surface area contributed by atoms with E-state index >= 15 is 0 Å². The average molecular weight is 378 g/mol. The van der Waals surface area contributed by atoms with Gasteiger partial charge in [-0.25, -0.2) is 4.79 Å². The smallest absolute Gasteiger partial charge is 0.339 e. The Balaban J connectivity index is 2.10. The summed E-state index contributed by atoms with van der Waals surface area (Å²) < 4.78 is 5.92. The molecule has 0 saturated carbocycles. The van der Waals surface area contributed by atoms with Crippen LogP contribution in [0.3, 0.4) is 0 Å². The Bertz CT molecular complexity index is 757. The number of carbonyl (C=O) groups is 2. The first-order chi connectivity index (χ1) is 10.9. The molecular weight excluding hydrogens is 366 g/mol. The van der Waals surface area contributed by atoms with Crippen molar-refractivity contribution < 1.29 is 19.2 Å².